The first kappa shape index (κ1) is 20.8. The maximum atomic E-state index is 13.0. The fourth-order valence-corrected chi connectivity index (χ4v) is 3.60. The monoisotopic (exact) mass is 395 g/mol. The van der Waals surface area contributed by atoms with Crippen LogP contribution in [0.3, 0.4) is 0 Å². The molecular weight excluding hydrogens is 366 g/mol. The lowest BCUT2D eigenvalue weighted by atomic mass is 9.98. The van der Waals surface area contributed by atoms with E-state index in [1.54, 1.807) is 29.7 Å². The highest BCUT2D eigenvalue weighted by atomic mass is 16.2. The summed E-state index contributed by atoms with van der Waals surface area (Å²) in [6, 6.07) is 7.93. The quantitative estimate of drug-likeness (QED) is 0.860. The standard InChI is InChI=1S/C22H29N5O2/c1-14(2)18-8-6-7-15(3)21(18)25-20-13-19(23-16(4)24-20)22(29)27-11-9-26(10-12-27)17(5)28/h6-8,13-14H,9-12H2,1-5H3,(H,23,24,25). The van der Waals surface area contributed by atoms with E-state index in [2.05, 4.69) is 54.3 Å². The maximum Gasteiger partial charge on any atom is 0.272 e. The largest absolute Gasteiger partial charge is 0.340 e. The van der Waals surface area contributed by atoms with Crippen LogP contribution in [0, 0.1) is 13.8 Å². The molecule has 7 nitrogen and oxygen atoms in total. The number of aryl methyl sites for hydroxylation is 2. The topological polar surface area (TPSA) is 78.4 Å². The van der Waals surface area contributed by atoms with E-state index >= 15 is 0 Å². The molecule has 1 saturated heterocycles. The minimum Gasteiger partial charge on any atom is -0.340 e. The molecule has 2 aromatic rings. The van der Waals surface area contributed by atoms with Crippen molar-refractivity contribution < 1.29 is 9.59 Å². The molecule has 1 aliphatic heterocycles. The van der Waals surface area contributed by atoms with Crippen LogP contribution < -0.4 is 5.32 Å². The number of hydrogen-bond donors (Lipinski definition) is 1. The van der Waals surface area contributed by atoms with E-state index in [0.717, 1.165) is 11.3 Å². The molecule has 154 valence electrons. The van der Waals surface area contributed by atoms with E-state index in [1.165, 1.54) is 5.56 Å². The van der Waals surface area contributed by atoms with Crippen molar-refractivity contribution >= 4 is 23.3 Å². The number of hydrogen-bond acceptors (Lipinski definition) is 5. The van der Waals surface area contributed by atoms with E-state index in [1.807, 2.05) is 0 Å². The lowest BCUT2D eigenvalue weighted by Gasteiger charge is -2.34. The van der Waals surface area contributed by atoms with Gasteiger partial charge in [-0.15, -0.1) is 0 Å². The second kappa shape index (κ2) is 8.59. The van der Waals surface area contributed by atoms with Crippen molar-refractivity contribution in [3.63, 3.8) is 0 Å². The van der Waals surface area contributed by atoms with Gasteiger partial charge < -0.3 is 15.1 Å². The molecule has 1 fully saturated rings. The Hall–Kier alpha value is -2.96. The van der Waals surface area contributed by atoms with Gasteiger partial charge in [0.05, 0.1) is 0 Å². The molecule has 1 aromatic carbocycles. The SMILES string of the molecule is CC(=O)N1CCN(C(=O)c2cc(Nc3c(C)cccc3C(C)C)nc(C)n2)CC1. The Balaban J connectivity index is 1.83. The normalized spacial score (nSPS) is 14.3. The van der Waals surface area contributed by atoms with Gasteiger partial charge in [-0.25, -0.2) is 9.97 Å². The Labute approximate surface area is 172 Å². The van der Waals surface area contributed by atoms with Crippen molar-refractivity contribution in [2.24, 2.45) is 0 Å². The van der Waals surface area contributed by atoms with Gasteiger partial charge in [-0.1, -0.05) is 32.0 Å². The Bertz CT molecular complexity index is 917. The zero-order chi connectivity index (χ0) is 21.1. The third kappa shape index (κ3) is 4.72. The van der Waals surface area contributed by atoms with Gasteiger partial charge in [0, 0.05) is 44.9 Å². The zero-order valence-electron chi connectivity index (χ0n) is 17.8. The van der Waals surface area contributed by atoms with Crippen LogP contribution in [0.1, 0.15) is 54.1 Å². The Morgan fingerprint density at radius 1 is 1.03 bits per heavy atom. The van der Waals surface area contributed by atoms with Gasteiger partial charge in [0.1, 0.15) is 17.3 Å². The number of para-hydroxylation sites is 1. The fourth-order valence-electron chi connectivity index (χ4n) is 3.60. The summed E-state index contributed by atoms with van der Waals surface area (Å²) in [5.74, 6) is 1.43. The molecule has 0 bridgehead atoms. The smallest absolute Gasteiger partial charge is 0.272 e. The molecule has 0 saturated carbocycles. The van der Waals surface area contributed by atoms with Crippen LogP contribution in [0.25, 0.3) is 0 Å². The van der Waals surface area contributed by atoms with Crippen molar-refractivity contribution in [2.75, 3.05) is 31.5 Å². The number of piperazine rings is 1. The summed E-state index contributed by atoms with van der Waals surface area (Å²) in [6.07, 6.45) is 0. The highest BCUT2D eigenvalue weighted by molar-refractivity contribution is 5.93. The van der Waals surface area contributed by atoms with Crippen LogP contribution in [0.5, 0.6) is 0 Å². The minimum atomic E-state index is -0.129. The highest BCUT2D eigenvalue weighted by Gasteiger charge is 2.24. The second-order valence-electron chi connectivity index (χ2n) is 7.80. The minimum absolute atomic E-state index is 0.0423. The summed E-state index contributed by atoms with van der Waals surface area (Å²) < 4.78 is 0. The Morgan fingerprint density at radius 2 is 1.69 bits per heavy atom. The van der Waals surface area contributed by atoms with E-state index in [0.29, 0.717) is 49.4 Å². The summed E-state index contributed by atoms with van der Waals surface area (Å²) in [6.45, 7) is 11.8. The molecule has 0 unspecified atom stereocenters. The molecule has 0 aliphatic carbocycles. The number of carbonyl (C=O) groups excluding carboxylic acids is 2. The zero-order valence-corrected chi connectivity index (χ0v) is 17.8. The predicted molar refractivity (Wildman–Crippen MR) is 113 cm³/mol. The van der Waals surface area contributed by atoms with Crippen LogP contribution in [0.2, 0.25) is 0 Å². The molecule has 0 spiro atoms. The lowest BCUT2D eigenvalue weighted by Crippen LogP contribution is -2.50. The van der Waals surface area contributed by atoms with Gasteiger partial charge in [-0.05, 0) is 30.9 Å². The molecule has 3 rings (SSSR count). The molecule has 7 heteroatoms. The number of nitrogens with one attached hydrogen (secondary N) is 1. The molecule has 1 N–H and O–H groups in total. The number of rotatable bonds is 4. The van der Waals surface area contributed by atoms with Crippen LogP contribution in [0.4, 0.5) is 11.5 Å². The Morgan fingerprint density at radius 3 is 2.31 bits per heavy atom. The van der Waals surface area contributed by atoms with Gasteiger partial charge in [0.15, 0.2) is 0 Å². The number of aromatic nitrogens is 2. The summed E-state index contributed by atoms with van der Waals surface area (Å²) in [7, 11) is 0. The molecule has 29 heavy (non-hydrogen) atoms. The molecular formula is C22H29N5O2. The van der Waals surface area contributed by atoms with E-state index in [4.69, 9.17) is 0 Å². The first-order chi connectivity index (χ1) is 13.8. The average Bonchev–Trinajstić information content (AvgIpc) is 2.68. The van der Waals surface area contributed by atoms with E-state index in [-0.39, 0.29) is 11.8 Å². The number of anilines is 2. The lowest BCUT2D eigenvalue weighted by molar-refractivity contribution is -0.130. The molecule has 0 radical (unpaired) electrons. The summed E-state index contributed by atoms with van der Waals surface area (Å²) in [5.41, 5.74) is 3.72. The summed E-state index contributed by atoms with van der Waals surface area (Å²) in [4.78, 5) is 36.8. The van der Waals surface area contributed by atoms with Gasteiger partial charge in [0.2, 0.25) is 5.91 Å². The van der Waals surface area contributed by atoms with Crippen LogP contribution in [0.15, 0.2) is 24.3 Å². The van der Waals surface area contributed by atoms with E-state index in [9.17, 15) is 9.59 Å². The number of nitrogens with zero attached hydrogens (tertiary/aromatic N) is 4. The van der Waals surface area contributed by atoms with E-state index < -0.39 is 0 Å². The molecule has 1 aromatic heterocycles. The molecule has 2 amide bonds. The molecule has 2 heterocycles. The summed E-state index contributed by atoms with van der Waals surface area (Å²) >= 11 is 0. The van der Waals surface area contributed by atoms with Gasteiger partial charge >= 0.3 is 0 Å². The first-order valence-corrected chi connectivity index (χ1v) is 10.0. The average molecular weight is 396 g/mol. The van der Waals surface area contributed by atoms with Gasteiger partial charge in [-0.3, -0.25) is 9.59 Å². The predicted octanol–water partition coefficient (Wildman–Crippen LogP) is 3.26. The van der Waals surface area contributed by atoms with Crippen LogP contribution in [-0.2, 0) is 4.79 Å². The maximum absolute atomic E-state index is 13.0. The van der Waals surface area contributed by atoms with Crippen LogP contribution in [-0.4, -0.2) is 57.8 Å². The molecule has 0 atom stereocenters. The van der Waals surface area contributed by atoms with Crippen molar-refractivity contribution in [1.29, 1.82) is 0 Å². The number of carbonyl (C=O) groups is 2. The van der Waals surface area contributed by atoms with Crippen LogP contribution >= 0.6 is 0 Å². The number of amides is 2. The Kier molecular flexibility index (Phi) is 6.15. The van der Waals surface area contributed by atoms with Crippen molar-refractivity contribution in [2.45, 2.75) is 40.5 Å². The second-order valence-corrected chi connectivity index (χ2v) is 7.80. The highest BCUT2D eigenvalue weighted by Crippen LogP contribution is 2.30. The van der Waals surface area contributed by atoms with Crippen molar-refractivity contribution in [3.05, 3.63) is 46.9 Å². The number of benzene rings is 1. The van der Waals surface area contributed by atoms with Gasteiger partial charge in [0.25, 0.3) is 5.91 Å². The first-order valence-electron chi connectivity index (χ1n) is 10.0. The molecule has 1 aliphatic rings. The fraction of sp³-hybridized carbons (Fsp3) is 0.455. The third-order valence-electron chi connectivity index (χ3n) is 5.25. The van der Waals surface area contributed by atoms with Crippen molar-refractivity contribution in [3.8, 4) is 0 Å². The summed E-state index contributed by atoms with van der Waals surface area (Å²) in [5, 5.41) is 3.41. The van der Waals surface area contributed by atoms with Crippen molar-refractivity contribution in [1.82, 2.24) is 19.8 Å². The van der Waals surface area contributed by atoms with Gasteiger partial charge in [-0.2, -0.15) is 0 Å². The third-order valence-corrected chi connectivity index (χ3v) is 5.25.